The Balaban J connectivity index is 1.28. The molecule has 2 aliphatic rings. The van der Waals surface area contributed by atoms with E-state index in [-0.39, 0.29) is 17.9 Å². The predicted molar refractivity (Wildman–Crippen MR) is 131 cm³/mol. The first-order valence-electron chi connectivity index (χ1n) is 12.1. The number of nitriles is 1. The fraction of sp³-hybridized carbons (Fsp3) is 0.481. The summed E-state index contributed by atoms with van der Waals surface area (Å²) >= 11 is 0. The molecule has 0 bridgehead atoms. The Morgan fingerprint density at radius 2 is 1.68 bits per heavy atom. The molecular weight excluding hydrogens is 428 g/mol. The number of hydrogen-bond acceptors (Lipinski definition) is 6. The van der Waals surface area contributed by atoms with Gasteiger partial charge in [-0.1, -0.05) is 32.0 Å². The van der Waals surface area contributed by atoms with Gasteiger partial charge >= 0.3 is 0 Å². The maximum atomic E-state index is 12.9. The second-order valence-electron chi connectivity index (χ2n) is 9.41. The van der Waals surface area contributed by atoms with Crippen molar-refractivity contribution in [2.75, 3.05) is 45.9 Å². The van der Waals surface area contributed by atoms with Crippen LogP contribution >= 0.6 is 0 Å². The van der Waals surface area contributed by atoms with Gasteiger partial charge in [0.25, 0.3) is 0 Å². The van der Waals surface area contributed by atoms with Crippen molar-refractivity contribution in [3.63, 3.8) is 0 Å². The van der Waals surface area contributed by atoms with Crippen LogP contribution in [0.4, 0.5) is 0 Å². The zero-order chi connectivity index (χ0) is 23.9. The van der Waals surface area contributed by atoms with Crippen LogP contribution in [0.5, 0.6) is 11.5 Å². The summed E-state index contributed by atoms with van der Waals surface area (Å²) in [6, 6.07) is 15.8. The molecule has 7 heteroatoms. The molecule has 0 spiro atoms. The zero-order valence-corrected chi connectivity index (χ0v) is 20.1. The summed E-state index contributed by atoms with van der Waals surface area (Å²) < 4.78 is 11.6. The summed E-state index contributed by atoms with van der Waals surface area (Å²) in [4.78, 5) is 17.5. The molecule has 0 aliphatic carbocycles. The number of fused-ring (bicyclic) bond motifs is 1. The van der Waals surface area contributed by atoms with Crippen LogP contribution in [-0.4, -0.2) is 61.6 Å². The normalized spacial score (nSPS) is 17.6. The van der Waals surface area contributed by atoms with Crippen molar-refractivity contribution in [1.29, 1.82) is 5.26 Å². The van der Waals surface area contributed by atoms with E-state index in [1.807, 2.05) is 42.5 Å². The van der Waals surface area contributed by atoms with Gasteiger partial charge in [0.05, 0.1) is 37.4 Å². The summed E-state index contributed by atoms with van der Waals surface area (Å²) in [7, 11) is 0. The van der Waals surface area contributed by atoms with Crippen LogP contribution < -0.4 is 14.8 Å². The van der Waals surface area contributed by atoms with Crippen LogP contribution in [0.3, 0.4) is 0 Å². The van der Waals surface area contributed by atoms with Gasteiger partial charge in [0, 0.05) is 39.1 Å². The Bertz CT molecular complexity index is 1010. The molecule has 4 rings (SSSR count). The van der Waals surface area contributed by atoms with Gasteiger partial charge in [0.2, 0.25) is 5.91 Å². The van der Waals surface area contributed by atoms with E-state index in [0.29, 0.717) is 25.3 Å². The second kappa shape index (κ2) is 11.4. The quantitative estimate of drug-likeness (QED) is 0.680. The third kappa shape index (κ3) is 6.28. The minimum atomic E-state index is -0.0812. The predicted octanol–water partition coefficient (Wildman–Crippen LogP) is 3.35. The molecular formula is C27H34N4O3. The van der Waals surface area contributed by atoms with Crippen molar-refractivity contribution >= 4 is 5.91 Å². The van der Waals surface area contributed by atoms with Crippen molar-refractivity contribution < 1.29 is 14.3 Å². The monoisotopic (exact) mass is 462 g/mol. The second-order valence-corrected chi connectivity index (χ2v) is 9.41. The van der Waals surface area contributed by atoms with Crippen LogP contribution in [0, 0.1) is 17.2 Å². The van der Waals surface area contributed by atoms with Crippen LogP contribution in [0.15, 0.2) is 42.5 Å². The maximum absolute atomic E-state index is 12.9. The van der Waals surface area contributed by atoms with Gasteiger partial charge in [0.15, 0.2) is 11.5 Å². The molecule has 180 valence electrons. The number of carbonyl (C=O) groups is 1. The van der Waals surface area contributed by atoms with Crippen molar-refractivity contribution in [1.82, 2.24) is 15.1 Å². The zero-order valence-electron chi connectivity index (χ0n) is 20.1. The molecule has 2 heterocycles. The first-order chi connectivity index (χ1) is 16.5. The molecule has 1 atom stereocenters. The van der Waals surface area contributed by atoms with Gasteiger partial charge in [-0.2, -0.15) is 5.26 Å². The Morgan fingerprint density at radius 1 is 1.00 bits per heavy atom. The van der Waals surface area contributed by atoms with Crippen LogP contribution in [-0.2, 0) is 11.3 Å². The molecule has 0 unspecified atom stereocenters. The van der Waals surface area contributed by atoms with E-state index in [9.17, 15) is 4.79 Å². The van der Waals surface area contributed by atoms with Gasteiger partial charge in [-0.05, 0) is 41.3 Å². The number of carbonyl (C=O) groups excluding carboxylic acids is 1. The van der Waals surface area contributed by atoms with Gasteiger partial charge in [-0.15, -0.1) is 0 Å². The van der Waals surface area contributed by atoms with Crippen LogP contribution in [0.25, 0.3) is 0 Å². The number of nitrogens with one attached hydrogen (secondary N) is 1. The SMILES string of the molecule is CC(C)[C@H](NC(=O)CN1CCN(Cc2ccc(C#N)cc2)CC1)c1ccc2c(c1)OCCCO2. The smallest absolute Gasteiger partial charge is 0.234 e. The third-order valence-corrected chi connectivity index (χ3v) is 6.44. The van der Waals surface area contributed by atoms with E-state index >= 15 is 0 Å². The molecule has 2 aromatic carbocycles. The van der Waals surface area contributed by atoms with Crippen LogP contribution in [0.2, 0.25) is 0 Å². The largest absolute Gasteiger partial charge is 0.490 e. The van der Waals surface area contributed by atoms with E-state index in [1.54, 1.807) is 0 Å². The molecule has 0 radical (unpaired) electrons. The standard InChI is InChI=1S/C27H34N4O3/c1-20(2)27(23-8-9-24-25(16-23)34-15-3-14-33-24)29-26(32)19-31-12-10-30(11-13-31)18-22-6-4-21(17-28)5-7-22/h4-9,16,20,27H,3,10-15,18-19H2,1-2H3,(H,29,32)/t27-/m0/s1. The molecule has 1 N–H and O–H groups in total. The first-order valence-corrected chi connectivity index (χ1v) is 12.1. The fourth-order valence-electron chi connectivity index (χ4n) is 4.48. The molecule has 34 heavy (non-hydrogen) atoms. The molecule has 2 aromatic rings. The Morgan fingerprint density at radius 3 is 2.35 bits per heavy atom. The summed E-state index contributed by atoms with van der Waals surface area (Å²) in [6.07, 6.45) is 0.870. The van der Waals surface area contributed by atoms with Crippen molar-refractivity contribution in [3.8, 4) is 17.6 Å². The van der Waals surface area contributed by atoms with Crippen LogP contribution in [0.1, 0.15) is 43.0 Å². The highest BCUT2D eigenvalue weighted by atomic mass is 16.5. The lowest BCUT2D eigenvalue weighted by Gasteiger charge is -2.34. The molecule has 7 nitrogen and oxygen atoms in total. The Hall–Kier alpha value is -3.08. The molecule has 1 amide bonds. The average molecular weight is 463 g/mol. The Labute approximate surface area is 202 Å². The summed E-state index contributed by atoms with van der Waals surface area (Å²) in [5, 5.41) is 12.2. The summed E-state index contributed by atoms with van der Waals surface area (Å²) in [5.41, 5.74) is 2.94. The highest BCUT2D eigenvalue weighted by Gasteiger charge is 2.24. The number of ether oxygens (including phenoxy) is 2. The Kier molecular flexibility index (Phi) is 8.04. The topological polar surface area (TPSA) is 77.8 Å². The molecule has 1 fully saturated rings. The summed E-state index contributed by atoms with van der Waals surface area (Å²) in [6.45, 7) is 10.4. The van der Waals surface area contributed by atoms with Gasteiger partial charge in [-0.25, -0.2) is 0 Å². The molecule has 0 aromatic heterocycles. The lowest BCUT2D eigenvalue weighted by atomic mass is 9.95. The number of rotatable bonds is 7. The number of hydrogen-bond donors (Lipinski definition) is 1. The van der Waals surface area contributed by atoms with Gasteiger partial charge in [-0.3, -0.25) is 14.6 Å². The van der Waals surface area contributed by atoms with E-state index in [0.717, 1.165) is 56.2 Å². The summed E-state index contributed by atoms with van der Waals surface area (Å²) in [5.74, 6) is 1.83. The lowest BCUT2D eigenvalue weighted by Crippen LogP contribution is -2.49. The molecule has 1 saturated heterocycles. The first kappa shape index (κ1) is 24.1. The van der Waals surface area contributed by atoms with Crippen molar-refractivity contribution in [2.24, 2.45) is 5.92 Å². The highest BCUT2D eigenvalue weighted by molar-refractivity contribution is 5.78. The number of amides is 1. The third-order valence-electron chi connectivity index (χ3n) is 6.44. The van der Waals surface area contributed by atoms with E-state index < -0.39 is 0 Å². The van der Waals surface area contributed by atoms with Gasteiger partial charge < -0.3 is 14.8 Å². The average Bonchev–Trinajstić information content (AvgIpc) is 3.09. The fourth-order valence-corrected chi connectivity index (χ4v) is 4.48. The van der Waals surface area contributed by atoms with Crippen molar-refractivity contribution in [3.05, 3.63) is 59.2 Å². The minimum absolute atomic E-state index is 0.0475. The minimum Gasteiger partial charge on any atom is -0.490 e. The van der Waals surface area contributed by atoms with E-state index in [4.69, 9.17) is 14.7 Å². The van der Waals surface area contributed by atoms with E-state index in [2.05, 4.69) is 35.0 Å². The molecule has 2 aliphatic heterocycles. The van der Waals surface area contributed by atoms with E-state index in [1.165, 1.54) is 5.56 Å². The van der Waals surface area contributed by atoms with Crippen molar-refractivity contribution in [2.45, 2.75) is 32.9 Å². The number of nitrogens with zero attached hydrogens (tertiary/aromatic N) is 3. The lowest BCUT2D eigenvalue weighted by molar-refractivity contribution is -0.123. The number of benzene rings is 2. The maximum Gasteiger partial charge on any atom is 0.234 e. The number of piperazine rings is 1. The van der Waals surface area contributed by atoms with Gasteiger partial charge in [0.1, 0.15) is 0 Å². The highest BCUT2D eigenvalue weighted by Crippen LogP contribution is 2.34. The molecule has 0 saturated carbocycles.